The van der Waals surface area contributed by atoms with Crippen LogP contribution >= 0.6 is 28.4 Å². The van der Waals surface area contributed by atoms with E-state index < -0.39 is 11.9 Å². The summed E-state index contributed by atoms with van der Waals surface area (Å²) in [4.78, 5) is 19.2. The summed E-state index contributed by atoms with van der Waals surface area (Å²) in [7, 11) is 3.10. The van der Waals surface area contributed by atoms with E-state index >= 15 is 0 Å². The lowest BCUT2D eigenvalue weighted by Crippen LogP contribution is -2.37. The van der Waals surface area contributed by atoms with Crippen LogP contribution in [0.15, 0.2) is 41.2 Å². The van der Waals surface area contributed by atoms with Crippen molar-refractivity contribution in [2.45, 2.75) is 31.4 Å². The van der Waals surface area contributed by atoms with Crippen molar-refractivity contribution in [2.24, 2.45) is 17.5 Å². The Balaban J connectivity index is 1.48. The van der Waals surface area contributed by atoms with Gasteiger partial charge in [0.05, 0.1) is 30.4 Å². The van der Waals surface area contributed by atoms with Gasteiger partial charge in [-0.15, -0.1) is 0 Å². The van der Waals surface area contributed by atoms with Crippen molar-refractivity contribution in [1.29, 1.82) is 0 Å². The quantitative estimate of drug-likeness (QED) is 0.289. The molecule has 1 saturated heterocycles. The molecule has 1 unspecified atom stereocenters. The van der Waals surface area contributed by atoms with Gasteiger partial charge in [0.1, 0.15) is 18.0 Å². The molecule has 9 nitrogen and oxygen atoms in total. The topological polar surface area (TPSA) is 107 Å². The number of hydrogen-bond acceptors (Lipinski definition) is 8. The molecule has 0 radical (unpaired) electrons. The Morgan fingerprint density at radius 1 is 1.24 bits per heavy atom. The normalized spacial score (nSPS) is 19.0. The number of methoxy groups -OCH3 is 1. The maximum Gasteiger partial charge on any atom is 0.434 e. The Hall–Kier alpha value is -2.80. The molecule has 0 aromatic carbocycles. The molecule has 2 aliphatic rings. The molecular formula is C24H25F3IN8OP. The van der Waals surface area contributed by atoms with E-state index in [1.807, 2.05) is 0 Å². The highest BCUT2D eigenvalue weighted by molar-refractivity contribution is 14.2. The summed E-state index contributed by atoms with van der Waals surface area (Å²) in [6.45, 7) is 1.13. The minimum atomic E-state index is -4.51. The van der Waals surface area contributed by atoms with Crippen molar-refractivity contribution in [1.82, 2.24) is 24.5 Å². The van der Waals surface area contributed by atoms with Crippen molar-refractivity contribution in [3.63, 3.8) is 0 Å². The Kier molecular flexibility index (Phi) is 7.58. The Labute approximate surface area is 232 Å². The molecule has 38 heavy (non-hydrogen) atoms. The molecule has 0 spiro atoms. The third kappa shape index (κ3) is 5.35. The van der Waals surface area contributed by atoms with Gasteiger partial charge in [-0.05, 0) is 47.0 Å². The maximum absolute atomic E-state index is 13.1. The van der Waals surface area contributed by atoms with E-state index in [0.717, 1.165) is 41.6 Å². The number of ether oxygens (including phenoxy) is 1. The molecule has 1 aliphatic heterocycles. The van der Waals surface area contributed by atoms with Crippen LogP contribution in [0.3, 0.4) is 0 Å². The summed E-state index contributed by atoms with van der Waals surface area (Å²) in [6, 6.07) is 3.52. The summed E-state index contributed by atoms with van der Waals surface area (Å²) in [6.07, 6.45) is 2.62. The van der Waals surface area contributed by atoms with Gasteiger partial charge in [0.2, 0.25) is 5.88 Å². The number of pyridine rings is 1. The predicted molar refractivity (Wildman–Crippen MR) is 150 cm³/mol. The summed E-state index contributed by atoms with van der Waals surface area (Å²) >= 11 is 2.24. The van der Waals surface area contributed by atoms with Crippen LogP contribution in [0.4, 0.5) is 19.0 Å². The molecule has 3 aromatic rings. The van der Waals surface area contributed by atoms with Crippen LogP contribution in [0.1, 0.15) is 42.1 Å². The van der Waals surface area contributed by atoms with Crippen LogP contribution in [-0.2, 0) is 13.2 Å². The number of nitrogens with zero attached hydrogens (tertiary/aromatic N) is 7. The zero-order valence-electron chi connectivity index (χ0n) is 20.6. The van der Waals surface area contributed by atoms with E-state index in [1.165, 1.54) is 17.9 Å². The number of hydrogen-bond donors (Lipinski definition) is 1. The maximum atomic E-state index is 13.1. The summed E-state index contributed by atoms with van der Waals surface area (Å²) < 4.78 is 50.9. The number of rotatable bonds is 6. The largest absolute Gasteiger partial charge is 0.480 e. The molecule has 5 rings (SSSR count). The van der Waals surface area contributed by atoms with Crippen LogP contribution in [0.2, 0.25) is 0 Å². The molecule has 0 amide bonds. The van der Waals surface area contributed by atoms with Crippen molar-refractivity contribution in [3.05, 3.63) is 53.4 Å². The highest BCUT2D eigenvalue weighted by atomic mass is 127. The number of aryl methyl sites for hydroxylation is 1. The first-order chi connectivity index (χ1) is 18.2. The third-order valence-electron chi connectivity index (χ3n) is 6.58. The minimum Gasteiger partial charge on any atom is -0.480 e. The van der Waals surface area contributed by atoms with Gasteiger partial charge in [0.15, 0.2) is 5.69 Å². The van der Waals surface area contributed by atoms with Crippen LogP contribution in [0.25, 0.3) is 17.1 Å². The second-order valence-electron chi connectivity index (χ2n) is 9.09. The molecule has 4 heterocycles. The SMILES string of the molecule is COc1ncnc(C2CC2)c1/C(N)=C1\CN(c2ccc(-c3nc(C(F)(F)F)cn3C)cn2)CC\C1=N/PI. The third-order valence-corrected chi connectivity index (χ3v) is 7.66. The van der Waals surface area contributed by atoms with Gasteiger partial charge in [-0.2, -0.15) is 13.2 Å². The fourth-order valence-corrected chi connectivity index (χ4v) is 5.77. The lowest BCUT2D eigenvalue weighted by molar-refractivity contribution is -0.140. The van der Waals surface area contributed by atoms with Crippen LogP contribution < -0.4 is 15.4 Å². The first kappa shape index (κ1) is 26.8. The van der Waals surface area contributed by atoms with E-state index in [0.29, 0.717) is 54.8 Å². The van der Waals surface area contributed by atoms with Crippen molar-refractivity contribution in [3.8, 4) is 17.3 Å². The van der Waals surface area contributed by atoms with Crippen molar-refractivity contribution in [2.75, 3.05) is 25.1 Å². The number of halogens is 4. The van der Waals surface area contributed by atoms with Gasteiger partial charge >= 0.3 is 6.18 Å². The summed E-state index contributed by atoms with van der Waals surface area (Å²) in [5.74, 6) is 1.65. The molecule has 2 fully saturated rings. The number of anilines is 1. The molecule has 3 aromatic heterocycles. The van der Waals surface area contributed by atoms with Crippen LogP contribution in [-0.4, -0.2) is 50.4 Å². The number of imidazole rings is 1. The number of aromatic nitrogens is 5. The van der Waals surface area contributed by atoms with E-state index in [-0.39, 0.29) is 5.82 Å². The number of nitrogens with two attached hydrogens (primary N) is 1. The summed E-state index contributed by atoms with van der Waals surface area (Å²) in [5, 5.41) is 0. The van der Waals surface area contributed by atoms with Crippen LogP contribution in [0.5, 0.6) is 5.88 Å². The highest BCUT2D eigenvalue weighted by Gasteiger charge is 2.35. The highest BCUT2D eigenvalue weighted by Crippen LogP contribution is 2.44. The lowest BCUT2D eigenvalue weighted by Gasteiger charge is -2.32. The predicted octanol–water partition coefficient (Wildman–Crippen LogP) is 5.14. The van der Waals surface area contributed by atoms with Gasteiger partial charge < -0.3 is 19.9 Å². The van der Waals surface area contributed by atoms with Gasteiger partial charge in [-0.3, -0.25) is 4.76 Å². The fraction of sp³-hybridized carbons (Fsp3) is 0.375. The summed E-state index contributed by atoms with van der Waals surface area (Å²) in [5.41, 5.74) is 10.3. The van der Waals surface area contributed by atoms with Gasteiger partial charge in [-0.1, -0.05) is 0 Å². The number of alkyl halides is 3. The van der Waals surface area contributed by atoms with Crippen LogP contribution in [0, 0.1) is 0 Å². The lowest BCUT2D eigenvalue weighted by atomic mass is 9.95. The zero-order chi connectivity index (χ0) is 27.0. The number of piperidine rings is 1. The average Bonchev–Trinajstić information content (AvgIpc) is 3.68. The standard InChI is InChI=1S/C24H25F3IN8OP/c1-35-11-17(24(25,26)27)33-22(35)14-5-6-18(30-9-14)36-8-7-16(34-38-28)15(10-36)20(29)19-21(13-3-4-13)31-12-32-23(19)37-2/h5-6,9,11-13,38H,3-4,7-8,10,29H2,1-2H3/b20-15-,34-16+. The molecule has 1 atom stereocenters. The van der Waals surface area contributed by atoms with E-state index in [4.69, 9.17) is 15.2 Å². The van der Waals surface area contributed by atoms with Gasteiger partial charge in [0.25, 0.3) is 0 Å². The zero-order valence-corrected chi connectivity index (χ0v) is 23.8. The Morgan fingerprint density at radius 3 is 2.63 bits per heavy atom. The Morgan fingerprint density at radius 2 is 2.03 bits per heavy atom. The second-order valence-corrected chi connectivity index (χ2v) is 10.9. The minimum absolute atomic E-state index is 0.195. The van der Waals surface area contributed by atoms with Gasteiger partial charge in [0, 0.05) is 61.7 Å². The van der Waals surface area contributed by atoms with Crippen molar-refractivity contribution < 1.29 is 17.9 Å². The monoisotopic (exact) mass is 656 g/mol. The van der Waals surface area contributed by atoms with Crippen molar-refractivity contribution >= 4 is 45.6 Å². The molecule has 2 N–H and O–H groups in total. The smallest absolute Gasteiger partial charge is 0.434 e. The molecule has 200 valence electrons. The Bertz CT molecular complexity index is 1400. The molecule has 1 saturated carbocycles. The average molecular weight is 656 g/mol. The molecular weight excluding hydrogens is 631 g/mol. The first-order valence-electron chi connectivity index (χ1n) is 11.8. The van der Waals surface area contributed by atoms with Gasteiger partial charge in [-0.25, -0.2) is 19.9 Å². The van der Waals surface area contributed by atoms with E-state index in [2.05, 4.69) is 46.9 Å². The second kappa shape index (κ2) is 10.8. The first-order valence-corrected chi connectivity index (χ1v) is 15.9. The molecule has 14 heteroatoms. The van der Waals surface area contributed by atoms with E-state index in [1.54, 1.807) is 25.4 Å². The van der Waals surface area contributed by atoms with E-state index in [9.17, 15) is 13.2 Å². The fourth-order valence-electron chi connectivity index (χ4n) is 4.55. The molecule has 1 aliphatic carbocycles. The molecule has 0 bridgehead atoms.